The molecule has 0 radical (unpaired) electrons. The van der Waals surface area contributed by atoms with Gasteiger partial charge in [0, 0.05) is 70.5 Å². The van der Waals surface area contributed by atoms with E-state index in [1.54, 1.807) is 0 Å². The minimum absolute atomic E-state index is 0.823. The fourth-order valence-electron chi connectivity index (χ4n) is 10.4. The van der Waals surface area contributed by atoms with Crippen molar-refractivity contribution < 1.29 is 0 Å². The highest BCUT2D eigenvalue weighted by atomic mass is 15.2. The molecule has 0 atom stereocenters. The van der Waals surface area contributed by atoms with Crippen molar-refractivity contribution in [3.8, 4) is 22.8 Å². The number of nitrogens with zero attached hydrogens (tertiary/aromatic N) is 5. The lowest BCUT2D eigenvalue weighted by molar-refractivity contribution is 0.978. The summed E-state index contributed by atoms with van der Waals surface area (Å²) in [5.74, 6) is 0.823. The average molecular weight is 750 g/mol. The molecule has 0 saturated carbocycles. The van der Waals surface area contributed by atoms with E-state index in [1.807, 2.05) is 0 Å². The van der Waals surface area contributed by atoms with Crippen LogP contribution in [0.3, 0.4) is 0 Å². The zero-order valence-corrected chi connectivity index (χ0v) is 31.6. The van der Waals surface area contributed by atoms with Crippen molar-refractivity contribution in [1.82, 2.24) is 23.7 Å². The zero-order valence-electron chi connectivity index (χ0n) is 31.6. The molecule has 0 spiro atoms. The van der Waals surface area contributed by atoms with E-state index < -0.39 is 0 Å². The smallest absolute Gasteiger partial charge is 0.168 e. The third-order valence-electron chi connectivity index (χ3n) is 12.8. The summed E-state index contributed by atoms with van der Waals surface area (Å²) in [6, 6.07) is 68.1. The first kappa shape index (κ1) is 31.1. The lowest BCUT2D eigenvalue weighted by Crippen LogP contribution is -2.03. The number of rotatable bonds is 3. The number of aromatic nitrogens is 5. The summed E-state index contributed by atoms with van der Waals surface area (Å²) in [4.78, 5) is 0. The minimum atomic E-state index is 0.823. The van der Waals surface area contributed by atoms with Crippen LogP contribution in [0.1, 0.15) is 0 Å². The number of benzene rings is 9. The predicted octanol–water partition coefficient (Wildman–Crippen LogP) is 13.8. The monoisotopic (exact) mass is 749 g/mol. The van der Waals surface area contributed by atoms with Crippen LogP contribution in [0.4, 0.5) is 0 Å². The van der Waals surface area contributed by atoms with Gasteiger partial charge in [-0.2, -0.15) is 0 Å². The van der Waals surface area contributed by atoms with Crippen molar-refractivity contribution in [2.24, 2.45) is 0 Å². The van der Waals surface area contributed by atoms with Gasteiger partial charge >= 0.3 is 0 Å². The molecule has 5 nitrogen and oxygen atoms in total. The zero-order chi connectivity index (χ0) is 38.3. The van der Waals surface area contributed by atoms with Gasteiger partial charge in [0.1, 0.15) is 5.69 Å². The highest BCUT2D eigenvalue weighted by Gasteiger charge is 2.26. The van der Waals surface area contributed by atoms with E-state index in [0.29, 0.717) is 0 Å². The summed E-state index contributed by atoms with van der Waals surface area (Å²) in [5.41, 5.74) is 11.4. The quantitative estimate of drug-likeness (QED) is 0.180. The summed E-state index contributed by atoms with van der Waals surface area (Å²) >= 11 is 0. The second-order valence-corrected chi connectivity index (χ2v) is 15.8. The SMILES string of the molecule is c1ccc(-n2c3ccccc3c3cc(-c4nnc(-n5c6cc7c8ccccc8n8c9ccccc9c(c6c6ccc9ccccc9c65)c78)c5ccccc45)ccc32)cc1. The second-order valence-electron chi connectivity index (χ2n) is 15.8. The fourth-order valence-corrected chi connectivity index (χ4v) is 10.4. The maximum absolute atomic E-state index is 5.27. The fraction of sp³-hybridized carbons (Fsp3) is 0. The normalized spacial score (nSPS) is 12.4. The first-order valence-corrected chi connectivity index (χ1v) is 20.2. The van der Waals surface area contributed by atoms with Crippen molar-refractivity contribution in [3.05, 3.63) is 188 Å². The van der Waals surface area contributed by atoms with Crippen molar-refractivity contribution in [3.63, 3.8) is 0 Å². The molecule has 5 aromatic heterocycles. The van der Waals surface area contributed by atoms with E-state index in [2.05, 4.69) is 202 Å². The Hall–Kier alpha value is -8.02. The van der Waals surface area contributed by atoms with Gasteiger partial charge in [-0.1, -0.05) is 140 Å². The molecule has 0 fully saturated rings. The largest absolute Gasteiger partial charge is 0.309 e. The van der Waals surface area contributed by atoms with Gasteiger partial charge in [-0.05, 0) is 53.9 Å². The summed E-state index contributed by atoms with van der Waals surface area (Å²) in [5, 5.41) is 24.8. The summed E-state index contributed by atoms with van der Waals surface area (Å²) in [7, 11) is 0. The Morgan fingerprint density at radius 1 is 0.322 bits per heavy atom. The van der Waals surface area contributed by atoms with Gasteiger partial charge in [-0.25, -0.2) is 0 Å². The van der Waals surface area contributed by atoms with Gasteiger partial charge in [0.15, 0.2) is 5.82 Å². The van der Waals surface area contributed by atoms with E-state index in [4.69, 9.17) is 10.2 Å². The van der Waals surface area contributed by atoms with Crippen LogP contribution >= 0.6 is 0 Å². The Morgan fingerprint density at radius 2 is 0.949 bits per heavy atom. The maximum Gasteiger partial charge on any atom is 0.168 e. The van der Waals surface area contributed by atoms with E-state index in [0.717, 1.165) is 50.1 Å². The molecule has 0 N–H and O–H groups in total. The molecule has 14 aromatic rings. The Balaban J connectivity index is 1.10. The Bertz CT molecular complexity index is 4070. The highest BCUT2D eigenvalue weighted by molar-refractivity contribution is 6.37. The number of hydrogen-bond donors (Lipinski definition) is 0. The van der Waals surface area contributed by atoms with Crippen LogP contribution in [-0.4, -0.2) is 23.7 Å². The Morgan fingerprint density at radius 3 is 1.76 bits per heavy atom. The van der Waals surface area contributed by atoms with Crippen LogP contribution in [0.2, 0.25) is 0 Å². The highest BCUT2D eigenvalue weighted by Crippen LogP contribution is 2.48. The van der Waals surface area contributed by atoms with Gasteiger partial charge in [-0.3, -0.25) is 4.57 Å². The van der Waals surface area contributed by atoms with Crippen molar-refractivity contribution in [2.45, 2.75) is 0 Å². The number of fused-ring (bicyclic) bond motifs is 16. The van der Waals surface area contributed by atoms with E-state index in [1.165, 1.54) is 75.9 Å². The third-order valence-corrected chi connectivity index (χ3v) is 12.8. The van der Waals surface area contributed by atoms with Crippen LogP contribution < -0.4 is 0 Å². The molecular weight excluding hydrogens is 719 g/mol. The summed E-state index contributed by atoms with van der Waals surface area (Å²) in [6.45, 7) is 0. The predicted molar refractivity (Wildman–Crippen MR) is 246 cm³/mol. The molecule has 14 rings (SSSR count). The van der Waals surface area contributed by atoms with Gasteiger partial charge in [0.2, 0.25) is 0 Å². The topological polar surface area (TPSA) is 40.0 Å². The van der Waals surface area contributed by atoms with Crippen molar-refractivity contribution in [2.75, 3.05) is 0 Å². The molecule has 59 heavy (non-hydrogen) atoms. The van der Waals surface area contributed by atoms with E-state index in [9.17, 15) is 0 Å². The van der Waals surface area contributed by atoms with Crippen LogP contribution in [0.15, 0.2) is 188 Å². The number of hydrogen-bond acceptors (Lipinski definition) is 2. The Kier molecular flexibility index (Phi) is 5.96. The van der Waals surface area contributed by atoms with Gasteiger partial charge in [-0.15, -0.1) is 10.2 Å². The summed E-state index contributed by atoms with van der Waals surface area (Å²) in [6.07, 6.45) is 0. The van der Waals surface area contributed by atoms with Gasteiger partial charge in [0.25, 0.3) is 0 Å². The van der Waals surface area contributed by atoms with E-state index >= 15 is 0 Å². The molecule has 0 aliphatic heterocycles. The molecule has 0 aliphatic carbocycles. The van der Waals surface area contributed by atoms with Crippen LogP contribution in [0.25, 0.3) is 126 Å². The van der Waals surface area contributed by atoms with Gasteiger partial charge < -0.3 is 8.97 Å². The molecule has 0 unspecified atom stereocenters. The molecular formula is C54H31N5. The van der Waals surface area contributed by atoms with Crippen LogP contribution in [0, 0.1) is 0 Å². The molecule has 0 aliphatic rings. The van der Waals surface area contributed by atoms with Crippen molar-refractivity contribution >= 4 is 103 Å². The number of para-hydroxylation sites is 4. The van der Waals surface area contributed by atoms with Crippen molar-refractivity contribution in [1.29, 1.82) is 0 Å². The molecule has 0 saturated heterocycles. The van der Waals surface area contributed by atoms with Crippen LogP contribution in [0.5, 0.6) is 0 Å². The molecule has 5 heteroatoms. The molecule has 0 amide bonds. The lowest BCUT2D eigenvalue weighted by atomic mass is 10.0. The standard InChI is InChI=1S/C54H31N5/c1-2-15-34(16-3-1)57-44-23-11-8-18-36(44)42-30-33(27-29-47(42)57)51-38-20-6-7-21-39(38)54(56-55-51)59-48-31-43-37-19-9-12-24-45(37)58-46-25-13-10-22-40(46)50(53(43)58)49(48)41-28-26-32-14-4-5-17-35(32)52(41)59/h1-31H. The molecule has 9 aromatic carbocycles. The minimum Gasteiger partial charge on any atom is -0.309 e. The summed E-state index contributed by atoms with van der Waals surface area (Å²) < 4.78 is 7.23. The van der Waals surface area contributed by atoms with Gasteiger partial charge in [0.05, 0.1) is 38.6 Å². The molecule has 5 heterocycles. The maximum atomic E-state index is 5.27. The van der Waals surface area contributed by atoms with Crippen LogP contribution in [-0.2, 0) is 0 Å². The molecule has 272 valence electrons. The third kappa shape index (κ3) is 3.98. The lowest BCUT2D eigenvalue weighted by Gasteiger charge is -2.14. The first-order chi connectivity index (χ1) is 29.3. The molecule has 0 bridgehead atoms. The van der Waals surface area contributed by atoms with E-state index in [-0.39, 0.29) is 0 Å². The average Bonchev–Trinajstić information content (AvgIpc) is 4.03. The second kappa shape index (κ2) is 11.3. The Labute approximate surface area is 336 Å². The first-order valence-electron chi connectivity index (χ1n) is 20.2.